The fourth-order valence-electron chi connectivity index (χ4n) is 3.00. The van der Waals surface area contributed by atoms with Gasteiger partial charge in [0.2, 0.25) is 11.2 Å². The average molecular weight is 427 g/mol. The van der Waals surface area contributed by atoms with Crippen LogP contribution in [-0.2, 0) is 6.61 Å². The average Bonchev–Trinajstić information content (AvgIpc) is 2.74. The second-order valence-corrected chi connectivity index (χ2v) is 7.12. The van der Waals surface area contributed by atoms with Crippen molar-refractivity contribution in [3.05, 3.63) is 92.6 Å². The summed E-state index contributed by atoms with van der Waals surface area (Å²) < 4.78 is 17.2. The molecule has 3 aromatic carbocycles. The van der Waals surface area contributed by atoms with E-state index in [9.17, 15) is 4.79 Å². The van der Waals surface area contributed by atoms with E-state index in [0.717, 1.165) is 0 Å². The number of hydrogen-bond acceptors (Lipinski definition) is 4. The zero-order chi connectivity index (χ0) is 20.4. The van der Waals surface area contributed by atoms with Gasteiger partial charge in [0.05, 0.1) is 12.5 Å². The van der Waals surface area contributed by atoms with E-state index in [1.807, 2.05) is 6.07 Å². The molecule has 4 aromatic rings. The van der Waals surface area contributed by atoms with Crippen molar-refractivity contribution in [1.29, 1.82) is 0 Å². The lowest BCUT2D eigenvalue weighted by Gasteiger charge is -2.13. The maximum absolute atomic E-state index is 13.2. The normalized spacial score (nSPS) is 10.9. The maximum atomic E-state index is 13.2. The monoisotopic (exact) mass is 426 g/mol. The highest BCUT2D eigenvalue weighted by Crippen LogP contribution is 2.33. The topological polar surface area (TPSA) is 48.7 Å². The summed E-state index contributed by atoms with van der Waals surface area (Å²) >= 11 is 12.5. The summed E-state index contributed by atoms with van der Waals surface area (Å²) in [6.45, 7) is 0.0325. The molecule has 0 amide bonds. The van der Waals surface area contributed by atoms with Crippen molar-refractivity contribution in [2.75, 3.05) is 7.11 Å². The highest BCUT2D eigenvalue weighted by atomic mass is 35.5. The standard InChI is InChI=1S/C23H16Cl2O4/c1-27-15-11-9-14(10-12-15)22-23(21(26)16-5-2-3-8-20(16)29-22)28-13-17-18(24)6-4-7-19(17)25/h2-12H,13H2,1H3. The molecule has 1 aromatic heterocycles. The third-order valence-corrected chi connectivity index (χ3v) is 5.24. The fourth-order valence-corrected chi connectivity index (χ4v) is 3.51. The van der Waals surface area contributed by atoms with Gasteiger partial charge in [-0.2, -0.15) is 0 Å². The van der Waals surface area contributed by atoms with Crippen LogP contribution in [0.2, 0.25) is 10.0 Å². The lowest BCUT2D eigenvalue weighted by Crippen LogP contribution is -2.10. The quantitative estimate of drug-likeness (QED) is 0.372. The van der Waals surface area contributed by atoms with E-state index in [4.69, 9.17) is 37.1 Å². The first-order valence-corrected chi connectivity index (χ1v) is 9.60. The molecule has 0 radical (unpaired) electrons. The number of ether oxygens (including phenoxy) is 2. The van der Waals surface area contributed by atoms with Crippen LogP contribution in [0.4, 0.5) is 0 Å². The first kappa shape index (κ1) is 19.4. The Balaban J connectivity index is 1.84. The predicted octanol–water partition coefficient (Wildman–Crippen LogP) is 6.35. The SMILES string of the molecule is COc1ccc(-c2oc3ccccc3c(=O)c2OCc2c(Cl)cccc2Cl)cc1. The molecular formula is C23H16Cl2O4. The Bertz CT molecular complexity index is 1210. The number of fused-ring (bicyclic) bond motifs is 1. The van der Waals surface area contributed by atoms with Crippen LogP contribution in [-0.4, -0.2) is 7.11 Å². The molecule has 0 N–H and O–H groups in total. The summed E-state index contributed by atoms with van der Waals surface area (Å²) in [6, 6.07) is 19.4. The predicted molar refractivity (Wildman–Crippen MR) is 115 cm³/mol. The summed E-state index contributed by atoms with van der Waals surface area (Å²) in [6.07, 6.45) is 0. The van der Waals surface area contributed by atoms with Crippen LogP contribution >= 0.6 is 23.2 Å². The van der Waals surface area contributed by atoms with Crippen molar-refractivity contribution >= 4 is 34.2 Å². The molecule has 0 unspecified atom stereocenters. The second kappa shape index (κ2) is 8.19. The van der Waals surface area contributed by atoms with E-state index < -0.39 is 0 Å². The molecule has 6 heteroatoms. The molecule has 0 aliphatic heterocycles. The number of halogens is 2. The summed E-state index contributed by atoms with van der Waals surface area (Å²) in [7, 11) is 1.59. The van der Waals surface area contributed by atoms with Crippen molar-refractivity contribution in [1.82, 2.24) is 0 Å². The van der Waals surface area contributed by atoms with Gasteiger partial charge in [-0.3, -0.25) is 4.79 Å². The van der Waals surface area contributed by atoms with Crippen LogP contribution in [0.25, 0.3) is 22.3 Å². The molecule has 0 fully saturated rings. The lowest BCUT2D eigenvalue weighted by atomic mass is 10.1. The van der Waals surface area contributed by atoms with Gasteiger partial charge in [-0.1, -0.05) is 41.4 Å². The molecule has 0 saturated carbocycles. The van der Waals surface area contributed by atoms with Crippen molar-refractivity contribution in [2.24, 2.45) is 0 Å². The van der Waals surface area contributed by atoms with Gasteiger partial charge in [0.25, 0.3) is 0 Å². The van der Waals surface area contributed by atoms with Crippen molar-refractivity contribution in [3.63, 3.8) is 0 Å². The summed E-state index contributed by atoms with van der Waals surface area (Å²) in [5.74, 6) is 1.13. The highest BCUT2D eigenvalue weighted by Gasteiger charge is 2.19. The zero-order valence-electron chi connectivity index (χ0n) is 15.4. The zero-order valence-corrected chi connectivity index (χ0v) is 17.0. The van der Waals surface area contributed by atoms with Gasteiger partial charge < -0.3 is 13.9 Å². The number of para-hydroxylation sites is 1. The molecular weight excluding hydrogens is 411 g/mol. The number of hydrogen-bond donors (Lipinski definition) is 0. The van der Waals surface area contributed by atoms with Crippen LogP contribution in [0, 0.1) is 0 Å². The number of benzene rings is 3. The van der Waals surface area contributed by atoms with Gasteiger partial charge in [-0.05, 0) is 48.5 Å². The Morgan fingerprint density at radius 2 is 1.59 bits per heavy atom. The Kier molecular flexibility index (Phi) is 5.47. The summed E-state index contributed by atoms with van der Waals surface area (Å²) in [4.78, 5) is 13.2. The van der Waals surface area contributed by atoms with Crippen LogP contribution in [0.5, 0.6) is 11.5 Å². The van der Waals surface area contributed by atoms with Gasteiger partial charge in [-0.25, -0.2) is 0 Å². The largest absolute Gasteiger partial charge is 0.497 e. The minimum absolute atomic E-state index is 0.0325. The molecule has 0 aliphatic carbocycles. The number of rotatable bonds is 5. The molecule has 0 spiro atoms. The van der Waals surface area contributed by atoms with Gasteiger partial charge in [0, 0.05) is 21.2 Å². The van der Waals surface area contributed by atoms with Crippen molar-refractivity contribution in [3.8, 4) is 22.8 Å². The second-order valence-electron chi connectivity index (χ2n) is 6.30. The Morgan fingerprint density at radius 3 is 2.28 bits per heavy atom. The summed E-state index contributed by atoms with van der Waals surface area (Å²) in [5, 5.41) is 1.37. The van der Waals surface area contributed by atoms with Crippen LogP contribution in [0.3, 0.4) is 0 Å². The first-order valence-electron chi connectivity index (χ1n) is 8.84. The molecule has 29 heavy (non-hydrogen) atoms. The van der Waals surface area contributed by atoms with E-state index >= 15 is 0 Å². The first-order chi connectivity index (χ1) is 14.1. The lowest BCUT2D eigenvalue weighted by molar-refractivity contribution is 0.298. The van der Waals surface area contributed by atoms with Crippen LogP contribution in [0.15, 0.2) is 75.9 Å². The number of methoxy groups -OCH3 is 1. The minimum atomic E-state index is -0.263. The molecule has 4 nitrogen and oxygen atoms in total. The van der Waals surface area contributed by atoms with Gasteiger partial charge in [-0.15, -0.1) is 0 Å². The van der Waals surface area contributed by atoms with Crippen molar-refractivity contribution in [2.45, 2.75) is 6.61 Å². The third kappa shape index (κ3) is 3.82. The van der Waals surface area contributed by atoms with E-state index in [1.54, 1.807) is 67.8 Å². The van der Waals surface area contributed by atoms with Crippen LogP contribution < -0.4 is 14.9 Å². The van der Waals surface area contributed by atoms with E-state index in [2.05, 4.69) is 0 Å². The van der Waals surface area contributed by atoms with E-state index in [-0.39, 0.29) is 17.8 Å². The minimum Gasteiger partial charge on any atom is -0.497 e. The van der Waals surface area contributed by atoms with Crippen molar-refractivity contribution < 1.29 is 13.9 Å². The Hall–Kier alpha value is -2.95. The fraction of sp³-hybridized carbons (Fsp3) is 0.0870. The Labute approximate surface area is 177 Å². The third-order valence-electron chi connectivity index (χ3n) is 4.53. The maximum Gasteiger partial charge on any atom is 0.235 e. The van der Waals surface area contributed by atoms with Crippen LogP contribution in [0.1, 0.15) is 5.56 Å². The molecule has 0 saturated heterocycles. The summed E-state index contributed by atoms with van der Waals surface area (Å²) in [5.41, 5.74) is 1.50. The smallest absolute Gasteiger partial charge is 0.235 e. The molecule has 0 atom stereocenters. The van der Waals surface area contributed by atoms with E-state index in [0.29, 0.717) is 43.7 Å². The van der Waals surface area contributed by atoms with Gasteiger partial charge >= 0.3 is 0 Å². The molecule has 0 bridgehead atoms. The molecule has 1 heterocycles. The molecule has 4 rings (SSSR count). The highest BCUT2D eigenvalue weighted by molar-refractivity contribution is 6.35. The molecule has 0 aliphatic rings. The van der Waals surface area contributed by atoms with Gasteiger partial charge in [0.1, 0.15) is 17.9 Å². The molecule has 146 valence electrons. The Morgan fingerprint density at radius 1 is 0.897 bits per heavy atom. The van der Waals surface area contributed by atoms with Gasteiger partial charge in [0.15, 0.2) is 5.76 Å². The van der Waals surface area contributed by atoms with E-state index in [1.165, 1.54) is 0 Å².